The van der Waals surface area contributed by atoms with Gasteiger partial charge in [0.2, 0.25) is 0 Å². The molecule has 0 bridgehead atoms. The van der Waals surface area contributed by atoms with Crippen LogP contribution in [0.3, 0.4) is 0 Å². The predicted molar refractivity (Wildman–Crippen MR) is 79.4 cm³/mol. The fourth-order valence-electron chi connectivity index (χ4n) is 1.67. The average Bonchev–Trinajstić information content (AvgIpc) is 2.43. The first-order chi connectivity index (χ1) is 9.95. The minimum Gasteiger partial charge on any atom is -0.491 e. The van der Waals surface area contributed by atoms with Crippen LogP contribution in [0.25, 0.3) is 0 Å². The lowest BCUT2D eigenvalue weighted by Gasteiger charge is -2.11. The number of nitrogens with zero attached hydrogens (tertiary/aromatic N) is 1. The molecule has 1 aromatic carbocycles. The minimum atomic E-state index is -0.620. The maximum absolute atomic E-state index is 13.1. The largest absolute Gasteiger partial charge is 0.491 e. The molecule has 1 amide bonds. The lowest BCUT2D eigenvalue weighted by atomic mass is 10.2. The number of rotatable bonds is 4. The van der Waals surface area contributed by atoms with Crippen LogP contribution in [0.5, 0.6) is 5.75 Å². The molecule has 0 aliphatic carbocycles. The van der Waals surface area contributed by atoms with Crippen molar-refractivity contribution < 1.29 is 13.9 Å². The molecule has 2 rings (SSSR count). The number of nitrogens with one attached hydrogen (secondary N) is 1. The maximum Gasteiger partial charge on any atom is 0.258 e. The molecule has 0 fully saturated rings. The van der Waals surface area contributed by atoms with Gasteiger partial charge in [0.25, 0.3) is 5.91 Å². The molecule has 0 atom stereocenters. The molecule has 6 heteroatoms. The van der Waals surface area contributed by atoms with Crippen molar-refractivity contribution in [3.05, 3.63) is 53.1 Å². The van der Waals surface area contributed by atoms with E-state index in [-0.39, 0.29) is 16.8 Å². The Hall–Kier alpha value is -2.14. The molecule has 1 N–H and O–H groups in total. The number of hydrogen-bond acceptors (Lipinski definition) is 3. The summed E-state index contributed by atoms with van der Waals surface area (Å²) < 4.78 is 18.6. The topological polar surface area (TPSA) is 51.2 Å². The number of benzene rings is 1. The van der Waals surface area contributed by atoms with Crippen LogP contribution >= 0.6 is 11.6 Å². The lowest BCUT2D eigenvalue weighted by Crippen LogP contribution is -2.13. The molecule has 1 heterocycles. The zero-order valence-electron chi connectivity index (χ0n) is 11.6. The van der Waals surface area contributed by atoms with Crippen LogP contribution in [0.4, 0.5) is 10.1 Å². The molecule has 4 nitrogen and oxygen atoms in total. The van der Waals surface area contributed by atoms with Gasteiger partial charge in [-0.15, -0.1) is 0 Å². The molecule has 0 saturated carbocycles. The van der Waals surface area contributed by atoms with Crippen molar-refractivity contribution in [2.24, 2.45) is 0 Å². The smallest absolute Gasteiger partial charge is 0.258 e. The summed E-state index contributed by atoms with van der Waals surface area (Å²) in [5.74, 6) is -0.441. The fourth-order valence-corrected chi connectivity index (χ4v) is 1.86. The van der Waals surface area contributed by atoms with Gasteiger partial charge in [0.05, 0.1) is 17.9 Å². The van der Waals surface area contributed by atoms with Gasteiger partial charge in [0.1, 0.15) is 16.7 Å². The van der Waals surface area contributed by atoms with Crippen LogP contribution in [0, 0.1) is 5.82 Å². The second kappa shape index (κ2) is 6.54. The van der Waals surface area contributed by atoms with Crippen molar-refractivity contribution in [2.75, 3.05) is 5.32 Å². The highest BCUT2D eigenvalue weighted by atomic mass is 35.5. The van der Waals surface area contributed by atoms with E-state index in [2.05, 4.69) is 10.3 Å². The van der Waals surface area contributed by atoms with E-state index in [1.807, 2.05) is 13.8 Å². The van der Waals surface area contributed by atoms with Crippen LogP contribution in [0.15, 0.2) is 36.5 Å². The van der Waals surface area contributed by atoms with Crippen molar-refractivity contribution >= 4 is 23.2 Å². The molecule has 0 spiro atoms. The van der Waals surface area contributed by atoms with Gasteiger partial charge in [-0.25, -0.2) is 9.37 Å². The molecule has 0 aliphatic heterocycles. The number of carbonyl (C=O) groups is 1. The van der Waals surface area contributed by atoms with E-state index >= 15 is 0 Å². The number of hydrogen-bond donors (Lipinski definition) is 1. The quantitative estimate of drug-likeness (QED) is 0.871. The Morgan fingerprint density at radius 2 is 2.00 bits per heavy atom. The zero-order valence-corrected chi connectivity index (χ0v) is 12.3. The Morgan fingerprint density at radius 1 is 1.33 bits per heavy atom. The molecular weight excluding hydrogens is 295 g/mol. The third-order valence-corrected chi connectivity index (χ3v) is 2.84. The second-order valence-electron chi connectivity index (χ2n) is 4.64. The number of pyridine rings is 1. The SMILES string of the molecule is CC(C)Oc1ccc(NC(=O)c2cc(F)cnc2Cl)cc1. The summed E-state index contributed by atoms with van der Waals surface area (Å²) in [6, 6.07) is 7.90. The third kappa shape index (κ3) is 4.16. The number of ether oxygens (including phenoxy) is 1. The van der Waals surface area contributed by atoms with E-state index in [0.717, 1.165) is 12.3 Å². The fraction of sp³-hybridized carbons (Fsp3) is 0.200. The van der Waals surface area contributed by atoms with Gasteiger partial charge < -0.3 is 10.1 Å². The van der Waals surface area contributed by atoms with E-state index in [1.165, 1.54) is 0 Å². The first kappa shape index (κ1) is 15.3. The van der Waals surface area contributed by atoms with Gasteiger partial charge in [0.15, 0.2) is 0 Å². The van der Waals surface area contributed by atoms with Gasteiger partial charge in [-0.1, -0.05) is 11.6 Å². The summed E-state index contributed by atoms with van der Waals surface area (Å²) in [7, 11) is 0. The summed E-state index contributed by atoms with van der Waals surface area (Å²) >= 11 is 5.78. The molecule has 2 aromatic rings. The molecule has 0 unspecified atom stereocenters. The predicted octanol–water partition coefficient (Wildman–Crippen LogP) is 3.91. The highest BCUT2D eigenvalue weighted by Crippen LogP contribution is 2.19. The van der Waals surface area contributed by atoms with Gasteiger partial charge in [-0.3, -0.25) is 4.79 Å². The summed E-state index contributed by atoms with van der Waals surface area (Å²) in [5.41, 5.74) is 0.538. The average molecular weight is 309 g/mol. The Labute approximate surface area is 126 Å². The van der Waals surface area contributed by atoms with Crippen molar-refractivity contribution in [1.82, 2.24) is 4.98 Å². The Kier molecular flexibility index (Phi) is 4.75. The lowest BCUT2D eigenvalue weighted by molar-refractivity contribution is 0.102. The molecule has 0 saturated heterocycles. The van der Waals surface area contributed by atoms with Gasteiger partial charge >= 0.3 is 0 Å². The third-order valence-electron chi connectivity index (χ3n) is 2.53. The summed E-state index contributed by atoms with van der Waals surface area (Å²) in [6.07, 6.45) is 1.03. The van der Waals surface area contributed by atoms with E-state index in [4.69, 9.17) is 16.3 Å². The van der Waals surface area contributed by atoms with E-state index < -0.39 is 11.7 Å². The molecular formula is C15H14ClFN2O2. The molecule has 0 aliphatic rings. The Bertz CT molecular complexity index is 645. The first-order valence-electron chi connectivity index (χ1n) is 6.35. The van der Waals surface area contributed by atoms with E-state index in [0.29, 0.717) is 11.4 Å². The highest BCUT2D eigenvalue weighted by Gasteiger charge is 2.13. The first-order valence-corrected chi connectivity index (χ1v) is 6.72. The van der Waals surface area contributed by atoms with Crippen LogP contribution in [-0.4, -0.2) is 17.0 Å². The Morgan fingerprint density at radius 3 is 2.62 bits per heavy atom. The van der Waals surface area contributed by atoms with Gasteiger partial charge in [0, 0.05) is 5.69 Å². The van der Waals surface area contributed by atoms with Gasteiger partial charge in [-0.05, 0) is 44.2 Å². The maximum atomic E-state index is 13.1. The summed E-state index contributed by atoms with van der Waals surface area (Å²) in [5, 5.41) is 2.57. The van der Waals surface area contributed by atoms with Crippen molar-refractivity contribution in [1.29, 1.82) is 0 Å². The standard InChI is InChI=1S/C15H14ClFN2O2/c1-9(2)21-12-5-3-11(4-6-12)19-15(20)13-7-10(17)8-18-14(13)16/h3-9H,1-2H3,(H,19,20). The molecule has 1 aromatic heterocycles. The highest BCUT2D eigenvalue weighted by molar-refractivity contribution is 6.33. The number of aromatic nitrogens is 1. The van der Waals surface area contributed by atoms with Crippen molar-refractivity contribution in [3.63, 3.8) is 0 Å². The molecule has 0 radical (unpaired) electrons. The number of amides is 1. The minimum absolute atomic E-state index is 0.0147. The van der Waals surface area contributed by atoms with Crippen LogP contribution in [0.1, 0.15) is 24.2 Å². The Balaban J connectivity index is 2.10. The normalized spacial score (nSPS) is 10.5. The van der Waals surface area contributed by atoms with Crippen LogP contribution < -0.4 is 10.1 Å². The van der Waals surface area contributed by atoms with Crippen molar-refractivity contribution in [3.8, 4) is 5.75 Å². The van der Waals surface area contributed by atoms with Crippen molar-refractivity contribution in [2.45, 2.75) is 20.0 Å². The summed E-state index contributed by atoms with van der Waals surface area (Å²) in [6.45, 7) is 3.85. The zero-order chi connectivity index (χ0) is 15.4. The van der Waals surface area contributed by atoms with E-state index in [9.17, 15) is 9.18 Å². The van der Waals surface area contributed by atoms with E-state index in [1.54, 1.807) is 24.3 Å². The number of carbonyl (C=O) groups excluding carboxylic acids is 1. The monoisotopic (exact) mass is 308 g/mol. The summed E-state index contributed by atoms with van der Waals surface area (Å²) in [4.78, 5) is 15.6. The molecule has 21 heavy (non-hydrogen) atoms. The van der Waals surface area contributed by atoms with Gasteiger partial charge in [-0.2, -0.15) is 0 Å². The number of halogens is 2. The second-order valence-corrected chi connectivity index (χ2v) is 5.00. The number of anilines is 1. The van der Waals surface area contributed by atoms with Crippen LogP contribution in [0.2, 0.25) is 5.15 Å². The molecule has 110 valence electrons. The van der Waals surface area contributed by atoms with Crippen LogP contribution in [-0.2, 0) is 0 Å².